The number of guanidine groups is 1. The standard InChI is InChI=1S/C18H31N5O2S/c1-4-15-12-20-16(26-15)8-9-19-18(22-13-17(24)23(2)3)21-11-14-7-5-6-10-25-14/h12,14H,4-11,13H2,1-3H3,(H2,19,21,22). The van der Waals surface area contributed by atoms with E-state index in [0.717, 1.165) is 43.8 Å². The smallest absolute Gasteiger partial charge is 0.243 e. The van der Waals surface area contributed by atoms with Crippen molar-refractivity contribution in [1.82, 2.24) is 20.5 Å². The highest BCUT2D eigenvalue weighted by atomic mass is 32.1. The van der Waals surface area contributed by atoms with Crippen LogP contribution >= 0.6 is 11.3 Å². The van der Waals surface area contributed by atoms with E-state index in [4.69, 9.17) is 4.74 Å². The lowest BCUT2D eigenvalue weighted by Crippen LogP contribution is -2.43. The summed E-state index contributed by atoms with van der Waals surface area (Å²) in [6.45, 7) is 4.53. The molecule has 146 valence electrons. The van der Waals surface area contributed by atoms with Crippen LogP contribution in [0.5, 0.6) is 0 Å². The van der Waals surface area contributed by atoms with Gasteiger partial charge in [0.1, 0.15) is 6.54 Å². The van der Waals surface area contributed by atoms with Crippen molar-refractivity contribution in [3.05, 3.63) is 16.1 Å². The first kappa shape index (κ1) is 20.6. The van der Waals surface area contributed by atoms with Crippen LogP contribution in [0, 0.1) is 0 Å². The first-order chi connectivity index (χ1) is 12.6. The van der Waals surface area contributed by atoms with Gasteiger partial charge >= 0.3 is 0 Å². The van der Waals surface area contributed by atoms with Crippen LogP contribution in [0.2, 0.25) is 0 Å². The number of hydrogen-bond acceptors (Lipinski definition) is 5. The van der Waals surface area contributed by atoms with Crippen LogP contribution in [0.15, 0.2) is 11.2 Å². The predicted molar refractivity (Wildman–Crippen MR) is 106 cm³/mol. The van der Waals surface area contributed by atoms with Gasteiger partial charge in [0.25, 0.3) is 0 Å². The number of aromatic nitrogens is 1. The topological polar surface area (TPSA) is 78.9 Å². The van der Waals surface area contributed by atoms with E-state index >= 15 is 0 Å². The lowest BCUT2D eigenvalue weighted by Gasteiger charge is -2.24. The third kappa shape index (κ3) is 7.29. The largest absolute Gasteiger partial charge is 0.376 e. The summed E-state index contributed by atoms with van der Waals surface area (Å²) in [7, 11) is 3.48. The number of rotatable bonds is 8. The Bertz CT molecular complexity index is 582. The minimum atomic E-state index is -0.0208. The molecule has 1 saturated heterocycles. The number of thiazole rings is 1. The van der Waals surface area contributed by atoms with Gasteiger partial charge in [-0.25, -0.2) is 9.98 Å². The van der Waals surface area contributed by atoms with E-state index in [0.29, 0.717) is 12.5 Å². The van der Waals surface area contributed by atoms with Gasteiger partial charge in [0.15, 0.2) is 5.96 Å². The molecule has 2 rings (SSSR count). The number of ether oxygens (including phenoxy) is 1. The Morgan fingerprint density at radius 1 is 1.42 bits per heavy atom. The molecule has 0 saturated carbocycles. The third-order valence-electron chi connectivity index (χ3n) is 4.22. The Morgan fingerprint density at radius 3 is 2.92 bits per heavy atom. The van der Waals surface area contributed by atoms with Crippen molar-refractivity contribution in [2.75, 3.05) is 40.3 Å². The average molecular weight is 382 g/mol. The number of amides is 1. The quantitative estimate of drug-likeness (QED) is 0.526. The highest BCUT2D eigenvalue weighted by Gasteiger charge is 2.14. The fraction of sp³-hybridized carbons (Fsp3) is 0.722. The normalized spacial score (nSPS) is 17.8. The number of carbonyl (C=O) groups is 1. The molecule has 0 spiro atoms. The van der Waals surface area contributed by atoms with Gasteiger partial charge < -0.3 is 20.3 Å². The molecule has 7 nitrogen and oxygen atoms in total. The Balaban J connectivity index is 1.83. The van der Waals surface area contributed by atoms with E-state index in [-0.39, 0.29) is 18.6 Å². The van der Waals surface area contributed by atoms with Crippen LogP contribution in [0.25, 0.3) is 0 Å². The molecule has 0 radical (unpaired) electrons. The van der Waals surface area contributed by atoms with E-state index < -0.39 is 0 Å². The van der Waals surface area contributed by atoms with Crippen molar-refractivity contribution in [2.24, 2.45) is 4.99 Å². The second-order valence-corrected chi connectivity index (χ2v) is 7.77. The van der Waals surface area contributed by atoms with Gasteiger partial charge in [0.05, 0.1) is 11.1 Å². The zero-order chi connectivity index (χ0) is 18.8. The molecular formula is C18H31N5O2S. The molecule has 1 aromatic heterocycles. The minimum absolute atomic E-state index is 0.0208. The molecule has 0 bridgehead atoms. The van der Waals surface area contributed by atoms with Gasteiger partial charge in [-0.3, -0.25) is 4.79 Å². The molecular weight excluding hydrogens is 350 g/mol. The summed E-state index contributed by atoms with van der Waals surface area (Å²) in [6, 6.07) is 0. The van der Waals surface area contributed by atoms with Crippen LogP contribution in [0.4, 0.5) is 0 Å². The van der Waals surface area contributed by atoms with Gasteiger partial charge in [-0.1, -0.05) is 6.92 Å². The Morgan fingerprint density at radius 2 is 2.27 bits per heavy atom. The molecule has 2 N–H and O–H groups in total. The van der Waals surface area contributed by atoms with Crippen LogP contribution < -0.4 is 10.6 Å². The fourth-order valence-electron chi connectivity index (χ4n) is 2.56. The number of likely N-dealkylation sites (N-methyl/N-ethyl adjacent to an activating group) is 1. The Hall–Kier alpha value is -1.67. The molecule has 0 aliphatic carbocycles. The van der Waals surface area contributed by atoms with Crippen molar-refractivity contribution >= 4 is 23.2 Å². The van der Waals surface area contributed by atoms with E-state index in [9.17, 15) is 4.79 Å². The number of carbonyl (C=O) groups excluding carboxylic acids is 1. The second kappa shape index (κ2) is 11.1. The van der Waals surface area contributed by atoms with Gasteiger partial charge in [-0.05, 0) is 25.7 Å². The molecule has 1 aromatic rings. The average Bonchev–Trinajstić information content (AvgIpc) is 3.12. The van der Waals surface area contributed by atoms with Crippen molar-refractivity contribution in [1.29, 1.82) is 0 Å². The maximum atomic E-state index is 11.8. The molecule has 1 fully saturated rings. The van der Waals surface area contributed by atoms with Crippen molar-refractivity contribution in [2.45, 2.75) is 45.1 Å². The molecule has 2 heterocycles. The molecule has 1 atom stereocenters. The number of aliphatic imine (C=N–C) groups is 1. The lowest BCUT2D eigenvalue weighted by atomic mass is 10.1. The zero-order valence-electron chi connectivity index (χ0n) is 16.1. The van der Waals surface area contributed by atoms with Crippen molar-refractivity contribution in [3.63, 3.8) is 0 Å². The molecule has 1 aliphatic rings. The summed E-state index contributed by atoms with van der Waals surface area (Å²) >= 11 is 1.75. The summed E-state index contributed by atoms with van der Waals surface area (Å²) < 4.78 is 5.75. The summed E-state index contributed by atoms with van der Waals surface area (Å²) in [6.07, 6.45) is 7.43. The van der Waals surface area contributed by atoms with E-state index in [1.807, 2.05) is 6.20 Å². The van der Waals surface area contributed by atoms with E-state index in [1.54, 1.807) is 30.3 Å². The monoisotopic (exact) mass is 381 g/mol. The lowest BCUT2D eigenvalue weighted by molar-refractivity contribution is -0.127. The first-order valence-electron chi connectivity index (χ1n) is 9.36. The van der Waals surface area contributed by atoms with Gasteiger partial charge in [0, 0.05) is 51.3 Å². The number of hydrogen-bond donors (Lipinski definition) is 2. The SMILES string of the molecule is CCc1cnc(CCNC(=NCC(=O)N(C)C)NCC2CCCCO2)s1. The molecule has 1 aliphatic heterocycles. The maximum absolute atomic E-state index is 11.8. The van der Waals surface area contributed by atoms with Crippen LogP contribution in [-0.4, -0.2) is 68.2 Å². The highest BCUT2D eigenvalue weighted by molar-refractivity contribution is 7.11. The molecule has 8 heteroatoms. The molecule has 1 unspecified atom stereocenters. The van der Waals surface area contributed by atoms with Gasteiger partial charge in [-0.2, -0.15) is 0 Å². The Labute approximate surface area is 160 Å². The van der Waals surface area contributed by atoms with Crippen LogP contribution in [-0.2, 0) is 22.4 Å². The van der Waals surface area contributed by atoms with E-state index in [2.05, 4.69) is 27.5 Å². The van der Waals surface area contributed by atoms with E-state index in [1.165, 1.54) is 11.3 Å². The predicted octanol–water partition coefficient (Wildman–Crippen LogP) is 1.44. The first-order valence-corrected chi connectivity index (χ1v) is 10.2. The zero-order valence-corrected chi connectivity index (χ0v) is 16.9. The number of aryl methyl sites for hydroxylation is 1. The molecule has 0 aromatic carbocycles. The molecule has 1 amide bonds. The second-order valence-electron chi connectivity index (χ2n) is 6.57. The summed E-state index contributed by atoms with van der Waals surface area (Å²) in [5.41, 5.74) is 0. The Kier molecular flexibility index (Phi) is 8.84. The summed E-state index contributed by atoms with van der Waals surface area (Å²) in [4.78, 5) is 23.5. The van der Waals surface area contributed by atoms with Crippen LogP contribution in [0.1, 0.15) is 36.1 Å². The summed E-state index contributed by atoms with van der Waals surface area (Å²) in [5.74, 6) is 0.633. The number of nitrogens with zero attached hydrogens (tertiary/aromatic N) is 3. The minimum Gasteiger partial charge on any atom is -0.376 e. The third-order valence-corrected chi connectivity index (χ3v) is 5.43. The fourth-order valence-corrected chi connectivity index (χ4v) is 3.42. The van der Waals surface area contributed by atoms with Gasteiger partial charge in [-0.15, -0.1) is 11.3 Å². The maximum Gasteiger partial charge on any atom is 0.243 e. The molecule has 26 heavy (non-hydrogen) atoms. The van der Waals surface area contributed by atoms with Crippen molar-refractivity contribution in [3.8, 4) is 0 Å². The summed E-state index contributed by atoms with van der Waals surface area (Å²) in [5, 5.41) is 7.74. The van der Waals surface area contributed by atoms with Gasteiger partial charge in [0.2, 0.25) is 5.91 Å². The number of nitrogens with one attached hydrogen (secondary N) is 2. The highest BCUT2D eigenvalue weighted by Crippen LogP contribution is 2.13. The van der Waals surface area contributed by atoms with Crippen molar-refractivity contribution < 1.29 is 9.53 Å². The van der Waals surface area contributed by atoms with Crippen LogP contribution in [0.3, 0.4) is 0 Å².